The molecule has 88 valence electrons. The summed E-state index contributed by atoms with van der Waals surface area (Å²) < 4.78 is 26.4. The van der Waals surface area contributed by atoms with Gasteiger partial charge >= 0.3 is 0 Å². The fourth-order valence-electron chi connectivity index (χ4n) is 1.47. The van der Waals surface area contributed by atoms with Crippen LogP contribution in [0.1, 0.15) is 5.56 Å². The molecule has 0 aromatic heterocycles. The summed E-state index contributed by atoms with van der Waals surface area (Å²) in [5, 5.41) is 0. The van der Waals surface area contributed by atoms with E-state index in [0.717, 1.165) is 29.2 Å². The molecular weight excluding hydrogens is 343 g/mol. The molecule has 1 aliphatic heterocycles. The van der Waals surface area contributed by atoms with Crippen molar-refractivity contribution in [2.75, 3.05) is 0 Å². The lowest BCUT2D eigenvalue weighted by Gasteiger charge is -2.14. The van der Waals surface area contributed by atoms with E-state index in [4.69, 9.17) is 0 Å². The largest absolute Gasteiger partial charge is 0.271 e. The first-order valence-electron chi connectivity index (χ1n) is 4.66. The number of benzene rings is 1. The van der Waals surface area contributed by atoms with E-state index < -0.39 is 23.4 Å². The van der Waals surface area contributed by atoms with Crippen LogP contribution in [0.3, 0.4) is 0 Å². The average Bonchev–Trinajstić information content (AvgIpc) is 2.57. The molecule has 0 bridgehead atoms. The number of halogens is 3. The Labute approximate surface area is 109 Å². The molecule has 0 atom stereocenters. The molecule has 0 aliphatic carbocycles. The first-order chi connectivity index (χ1) is 7.99. The summed E-state index contributed by atoms with van der Waals surface area (Å²) >= 11 is 1.55. The summed E-state index contributed by atoms with van der Waals surface area (Å²) in [6, 6.07) is 2.23. The highest BCUT2D eigenvalue weighted by atomic mass is 127. The molecule has 0 saturated heterocycles. The maximum absolute atomic E-state index is 13.3. The normalized spacial score (nSPS) is 14.9. The molecule has 6 heteroatoms. The number of imide groups is 1. The van der Waals surface area contributed by atoms with E-state index in [1.807, 2.05) is 0 Å². The van der Waals surface area contributed by atoms with Crippen LogP contribution in [0, 0.1) is 15.2 Å². The van der Waals surface area contributed by atoms with Gasteiger partial charge in [-0.15, -0.1) is 0 Å². The van der Waals surface area contributed by atoms with Crippen molar-refractivity contribution in [3.63, 3.8) is 0 Å². The van der Waals surface area contributed by atoms with Crippen LogP contribution in [0.4, 0.5) is 8.78 Å². The highest BCUT2D eigenvalue weighted by Gasteiger charge is 2.23. The van der Waals surface area contributed by atoms with Gasteiger partial charge in [0, 0.05) is 12.2 Å². The monoisotopic (exact) mass is 349 g/mol. The Morgan fingerprint density at radius 1 is 1.06 bits per heavy atom. The van der Waals surface area contributed by atoms with E-state index in [1.165, 1.54) is 0 Å². The molecular formula is C11H6F2INO2. The van der Waals surface area contributed by atoms with Crippen LogP contribution in [0.25, 0.3) is 0 Å². The second-order valence-electron chi connectivity index (χ2n) is 3.47. The smallest absolute Gasteiger partial charge is 0.253 e. The van der Waals surface area contributed by atoms with Crippen molar-refractivity contribution < 1.29 is 18.4 Å². The number of hydrogen-bond donors (Lipinski definition) is 0. The van der Waals surface area contributed by atoms with Gasteiger partial charge in [-0.05, 0) is 40.3 Å². The number of carbonyl (C=O) groups excluding carboxylic acids is 2. The first-order valence-corrected chi connectivity index (χ1v) is 5.74. The number of amides is 2. The minimum atomic E-state index is -0.701. The van der Waals surface area contributed by atoms with Crippen molar-refractivity contribution >= 4 is 34.4 Å². The highest BCUT2D eigenvalue weighted by molar-refractivity contribution is 14.1. The zero-order chi connectivity index (χ0) is 12.6. The molecule has 1 heterocycles. The molecule has 0 fully saturated rings. The van der Waals surface area contributed by atoms with Crippen LogP contribution in [0.15, 0.2) is 24.3 Å². The number of carbonyl (C=O) groups is 2. The molecule has 1 aliphatic rings. The van der Waals surface area contributed by atoms with Gasteiger partial charge in [0.1, 0.15) is 11.6 Å². The Kier molecular flexibility index (Phi) is 3.23. The standard InChI is InChI=1S/C11H6F2INO2/c12-7-3-6(4-8(13)11(7)14)5-15-9(16)1-2-10(15)17/h1-4H,5H2. The molecule has 1 aromatic carbocycles. The van der Waals surface area contributed by atoms with Crippen LogP contribution < -0.4 is 0 Å². The molecule has 3 nitrogen and oxygen atoms in total. The summed E-state index contributed by atoms with van der Waals surface area (Å²) in [6.45, 7) is -0.130. The Hall–Kier alpha value is -1.31. The van der Waals surface area contributed by atoms with Crippen molar-refractivity contribution in [2.24, 2.45) is 0 Å². The summed E-state index contributed by atoms with van der Waals surface area (Å²) in [5.74, 6) is -2.36. The molecule has 2 amide bonds. The van der Waals surface area contributed by atoms with Crippen molar-refractivity contribution in [1.29, 1.82) is 0 Å². The fraction of sp³-hybridized carbons (Fsp3) is 0.0909. The van der Waals surface area contributed by atoms with E-state index in [1.54, 1.807) is 22.6 Å². The molecule has 0 spiro atoms. The lowest BCUT2D eigenvalue weighted by Crippen LogP contribution is -2.29. The van der Waals surface area contributed by atoms with Crippen LogP contribution in [-0.4, -0.2) is 16.7 Å². The summed E-state index contributed by atoms with van der Waals surface area (Å²) in [6.07, 6.45) is 2.25. The second kappa shape index (κ2) is 4.52. The van der Waals surface area contributed by atoms with Gasteiger partial charge in [0.15, 0.2) is 0 Å². The topological polar surface area (TPSA) is 37.4 Å². The SMILES string of the molecule is O=C1C=CC(=O)N1Cc1cc(F)c(I)c(F)c1. The number of hydrogen-bond acceptors (Lipinski definition) is 2. The van der Waals surface area contributed by atoms with Crippen LogP contribution in [0.5, 0.6) is 0 Å². The van der Waals surface area contributed by atoms with Gasteiger partial charge in [-0.25, -0.2) is 8.78 Å². The minimum Gasteiger partial charge on any atom is -0.271 e. The van der Waals surface area contributed by atoms with Gasteiger partial charge in [0.25, 0.3) is 11.8 Å². The predicted octanol–water partition coefficient (Wildman–Crippen LogP) is 1.99. The van der Waals surface area contributed by atoms with Gasteiger partial charge in [-0.2, -0.15) is 0 Å². The highest BCUT2D eigenvalue weighted by Crippen LogP contribution is 2.19. The Bertz CT molecular complexity index is 501. The molecule has 0 unspecified atom stereocenters. The van der Waals surface area contributed by atoms with E-state index in [9.17, 15) is 18.4 Å². The number of rotatable bonds is 2. The lowest BCUT2D eigenvalue weighted by molar-refractivity contribution is -0.137. The van der Waals surface area contributed by atoms with E-state index >= 15 is 0 Å². The predicted molar refractivity (Wildman–Crippen MR) is 63.8 cm³/mol. The van der Waals surface area contributed by atoms with Crippen LogP contribution >= 0.6 is 22.6 Å². The number of nitrogens with zero attached hydrogens (tertiary/aromatic N) is 1. The second-order valence-corrected chi connectivity index (χ2v) is 4.55. The van der Waals surface area contributed by atoms with E-state index in [0.29, 0.717) is 0 Å². The van der Waals surface area contributed by atoms with Gasteiger partial charge in [-0.3, -0.25) is 14.5 Å². The average molecular weight is 349 g/mol. The molecule has 0 saturated carbocycles. The van der Waals surface area contributed by atoms with Crippen LogP contribution in [-0.2, 0) is 16.1 Å². The van der Waals surface area contributed by atoms with Gasteiger partial charge in [-0.1, -0.05) is 0 Å². The Morgan fingerprint density at radius 2 is 1.53 bits per heavy atom. The maximum Gasteiger partial charge on any atom is 0.253 e. The molecule has 0 radical (unpaired) electrons. The Morgan fingerprint density at radius 3 is 2.00 bits per heavy atom. The van der Waals surface area contributed by atoms with Gasteiger partial charge in [0.2, 0.25) is 0 Å². The van der Waals surface area contributed by atoms with E-state index in [2.05, 4.69) is 0 Å². The molecule has 0 N–H and O–H groups in total. The minimum absolute atomic E-state index is 0.108. The molecule has 2 rings (SSSR count). The third kappa shape index (κ3) is 2.36. The fourth-order valence-corrected chi connectivity index (χ4v) is 1.78. The Balaban J connectivity index is 2.25. The maximum atomic E-state index is 13.3. The third-order valence-electron chi connectivity index (χ3n) is 2.28. The summed E-state index contributed by atoms with van der Waals surface area (Å²) in [7, 11) is 0. The molecule has 17 heavy (non-hydrogen) atoms. The van der Waals surface area contributed by atoms with Crippen LogP contribution in [0.2, 0.25) is 0 Å². The zero-order valence-electron chi connectivity index (χ0n) is 8.41. The van der Waals surface area contributed by atoms with Crippen molar-refractivity contribution in [2.45, 2.75) is 6.54 Å². The summed E-state index contributed by atoms with van der Waals surface area (Å²) in [5.41, 5.74) is 0.241. The third-order valence-corrected chi connectivity index (χ3v) is 3.32. The first kappa shape index (κ1) is 12.2. The molecule has 1 aromatic rings. The van der Waals surface area contributed by atoms with Gasteiger partial charge < -0.3 is 0 Å². The van der Waals surface area contributed by atoms with Crippen molar-refractivity contribution in [3.05, 3.63) is 45.1 Å². The van der Waals surface area contributed by atoms with Gasteiger partial charge in [0.05, 0.1) is 10.1 Å². The zero-order valence-corrected chi connectivity index (χ0v) is 10.6. The lowest BCUT2D eigenvalue weighted by atomic mass is 10.2. The van der Waals surface area contributed by atoms with Crippen molar-refractivity contribution in [3.8, 4) is 0 Å². The quantitative estimate of drug-likeness (QED) is 0.465. The van der Waals surface area contributed by atoms with Crippen molar-refractivity contribution in [1.82, 2.24) is 4.90 Å². The summed E-state index contributed by atoms with van der Waals surface area (Å²) in [4.78, 5) is 23.4. The van der Waals surface area contributed by atoms with E-state index in [-0.39, 0.29) is 15.7 Å².